The lowest BCUT2D eigenvalue weighted by atomic mass is 10.2. The average molecular weight is 565 g/mol. The number of nitrogens with one attached hydrogen (secondary N) is 4. The van der Waals surface area contributed by atoms with E-state index < -0.39 is 55.4 Å². The third kappa shape index (κ3) is 5.94. The Morgan fingerprint density at radius 3 is 2.53 bits per heavy atom. The molecule has 0 fully saturated rings. The lowest BCUT2D eigenvalue weighted by Gasteiger charge is -2.34. The van der Waals surface area contributed by atoms with Gasteiger partial charge in [-0.15, -0.1) is 9.66 Å². The normalized spacial score (nSPS) is 15.3. The van der Waals surface area contributed by atoms with E-state index in [0.29, 0.717) is 0 Å². The Morgan fingerprint density at radius 2 is 1.84 bits per heavy atom. The lowest BCUT2D eigenvalue weighted by molar-refractivity contribution is -0.123. The molecule has 1 aliphatic rings. The molecule has 38 heavy (non-hydrogen) atoms. The Balaban J connectivity index is 1.47. The number of pyridine rings is 1. The Bertz CT molecular complexity index is 1570. The van der Waals surface area contributed by atoms with E-state index in [4.69, 9.17) is 4.74 Å². The number of hydrogen-bond donors (Lipinski definition) is 5. The quantitative estimate of drug-likeness (QED) is 0.199. The number of phenols is 1. The third-order valence-electron chi connectivity index (χ3n) is 4.90. The maximum Gasteiger partial charge on any atom is 0.291 e. The number of ether oxygens (including phenoxy) is 1. The zero-order valence-electron chi connectivity index (χ0n) is 19.4. The number of aromatic nitrogens is 3. The molecule has 0 aliphatic carbocycles. The molecule has 0 radical (unpaired) electrons. The molecule has 18 heteroatoms. The topological polar surface area (TPSA) is 222 Å². The maximum atomic E-state index is 13.1. The highest BCUT2D eigenvalue weighted by Crippen LogP contribution is 2.25. The molecule has 1 unspecified atom stereocenters. The molecule has 4 rings (SSSR count). The second-order valence-corrected chi connectivity index (χ2v) is 10.9. The summed E-state index contributed by atoms with van der Waals surface area (Å²) in [6.07, 6.45) is 3.12. The van der Waals surface area contributed by atoms with E-state index >= 15 is 0 Å². The van der Waals surface area contributed by atoms with E-state index in [0.717, 1.165) is 35.3 Å². The minimum absolute atomic E-state index is 0.0488. The highest BCUT2D eigenvalue weighted by atomic mass is 32.2. The fourth-order valence-electron chi connectivity index (χ4n) is 3.09. The first-order chi connectivity index (χ1) is 18.0. The van der Waals surface area contributed by atoms with Gasteiger partial charge in [0.15, 0.2) is 17.3 Å². The number of phenolic OH excluding ortho intramolecular Hbond substituents is 1. The number of carbonyl (C=O) groups excluding carboxylic acids is 2. The summed E-state index contributed by atoms with van der Waals surface area (Å²) in [5.74, 6) is -1.90. The van der Waals surface area contributed by atoms with Crippen molar-refractivity contribution in [3.63, 3.8) is 0 Å². The van der Waals surface area contributed by atoms with Crippen molar-refractivity contribution in [1.82, 2.24) is 35.0 Å². The summed E-state index contributed by atoms with van der Waals surface area (Å²) >= 11 is 0. The molecule has 0 saturated heterocycles. The van der Waals surface area contributed by atoms with E-state index in [1.165, 1.54) is 31.6 Å². The van der Waals surface area contributed by atoms with Crippen LogP contribution in [0.15, 0.2) is 64.9 Å². The van der Waals surface area contributed by atoms with E-state index in [-0.39, 0.29) is 22.2 Å². The van der Waals surface area contributed by atoms with Crippen molar-refractivity contribution in [2.75, 3.05) is 11.9 Å². The molecule has 16 nitrogen and oxygen atoms in total. The fraction of sp³-hybridized carbons (Fsp3) is 0.150. The third-order valence-corrected chi connectivity index (χ3v) is 7.38. The van der Waals surface area contributed by atoms with Crippen molar-refractivity contribution in [1.29, 1.82) is 0 Å². The molecule has 2 amide bonds. The number of hydrogen-bond acceptors (Lipinski definition) is 12. The summed E-state index contributed by atoms with van der Waals surface area (Å²) < 4.78 is 55.9. The number of hydrazine groups is 2. The molecule has 3 aromatic rings. The average Bonchev–Trinajstić information content (AvgIpc) is 2.89. The number of rotatable bonds is 9. The van der Waals surface area contributed by atoms with Gasteiger partial charge in [0, 0.05) is 12.4 Å². The summed E-state index contributed by atoms with van der Waals surface area (Å²) in [5.41, 5.74) is 1.70. The van der Waals surface area contributed by atoms with Crippen molar-refractivity contribution < 1.29 is 36.3 Å². The summed E-state index contributed by atoms with van der Waals surface area (Å²) in [6, 6.07) is 6.97. The Labute approximate surface area is 216 Å². The van der Waals surface area contributed by atoms with E-state index in [9.17, 15) is 31.5 Å². The van der Waals surface area contributed by atoms with Gasteiger partial charge in [0.2, 0.25) is 5.88 Å². The second kappa shape index (κ2) is 10.5. The largest absolute Gasteiger partial charge is 0.508 e. The zero-order chi connectivity index (χ0) is 27.5. The molecule has 0 saturated carbocycles. The molecule has 0 bridgehead atoms. The van der Waals surface area contributed by atoms with Crippen LogP contribution in [0.1, 0.15) is 17.4 Å². The van der Waals surface area contributed by atoms with Gasteiger partial charge in [0.05, 0.1) is 16.8 Å². The number of amides is 2. The summed E-state index contributed by atoms with van der Waals surface area (Å²) in [6.45, 7) is 0.917. The minimum atomic E-state index is -4.45. The van der Waals surface area contributed by atoms with Gasteiger partial charge in [-0.2, -0.15) is 0 Å². The van der Waals surface area contributed by atoms with Crippen LogP contribution in [-0.2, 0) is 24.8 Å². The van der Waals surface area contributed by atoms with Crippen molar-refractivity contribution in [3.8, 4) is 11.6 Å². The standard InChI is InChI=1S/C20H20N8O8S2/c1-12-23-15-6-7-18(38(34,35)26-25-16(30)11-36-17-10-21-8-9-22-17)24-19(15)20(31)28(12)27-37(32,33)14-4-2-13(29)3-5-14/h2-10,12,23,26-27,29H,11H2,1H3,(H,25,30). The Hall–Kier alpha value is -4.39. The van der Waals surface area contributed by atoms with E-state index in [1.54, 1.807) is 0 Å². The van der Waals surface area contributed by atoms with E-state index in [1.807, 2.05) is 10.3 Å². The number of anilines is 1. The van der Waals surface area contributed by atoms with Gasteiger partial charge in [-0.1, -0.05) is 0 Å². The van der Waals surface area contributed by atoms with Crippen LogP contribution in [0.4, 0.5) is 5.69 Å². The summed E-state index contributed by atoms with van der Waals surface area (Å²) in [5, 5.41) is 12.3. The molecule has 0 spiro atoms. The fourth-order valence-corrected chi connectivity index (χ4v) is 5.00. The first-order valence-corrected chi connectivity index (χ1v) is 13.5. The maximum absolute atomic E-state index is 13.1. The minimum Gasteiger partial charge on any atom is -0.508 e. The van der Waals surface area contributed by atoms with Gasteiger partial charge in [0.25, 0.3) is 31.9 Å². The molecular formula is C20H20N8O8S2. The Kier molecular flexibility index (Phi) is 7.39. The molecule has 200 valence electrons. The number of aromatic hydroxyl groups is 1. The molecule has 1 atom stereocenters. The predicted octanol–water partition coefficient (Wildman–Crippen LogP) is -0.927. The summed E-state index contributed by atoms with van der Waals surface area (Å²) in [7, 11) is -8.70. The van der Waals surface area contributed by atoms with Crippen molar-refractivity contribution in [2.24, 2.45) is 0 Å². The van der Waals surface area contributed by atoms with Crippen molar-refractivity contribution in [3.05, 3.63) is 60.7 Å². The first kappa shape index (κ1) is 26.7. The lowest BCUT2D eigenvalue weighted by Crippen LogP contribution is -2.56. The Morgan fingerprint density at radius 1 is 1.11 bits per heavy atom. The highest BCUT2D eigenvalue weighted by molar-refractivity contribution is 7.89. The molecule has 3 heterocycles. The van der Waals surface area contributed by atoms with Crippen LogP contribution in [-0.4, -0.2) is 66.5 Å². The SMILES string of the molecule is CC1Nc2ccc(S(=O)(=O)NNC(=O)COc3cnccn3)nc2C(=O)N1NS(=O)(=O)c1ccc(O)cc1. The van der Waals surface area contributed by atoms with Gasteiger partial charge in [-0.05, 0) is 43.3 Å². The summed E-state index contributed by atoms with van der Waals surface area (Å²) in [4.78, 5) is 40.2. The first-order valence-electron chi connectivity index (χ1n) is 10.6. The molecule has 5 N–H and O–H groups in total. The van der Waals surface area contributed by atoms with Gasteiger partial charge in [-0.25, -0.2) is 31.8 Å². The zero-order valence-corrected chi connectivity index (χ0v) is 21.0. The monoisotopic (exact) mass is 564 g/mol. The molecule has 1 aromatic carbocycles. The van der Waals surface area contributed by atoms with E-state index in [2.05, 4.69) is 25.1 Å². The van der Waals surface area contributed by atoms with Crippen molar-refractivity contribution >= 4 is 37.5 Å². The highest BCUT2D eigenvalue weighted by Gasteiger charge is 2.35. The number of carbonyl (C=O) groups is 2. The van der Waals surface area contributed by atoms with Crippen LogP contribution in [0, 0.1) is 0 Å². The van der Waals surface area contributed by atoms with Crippen LogP contribution in [0.3, 0.4) is 0 Å². The number of benzene rings is 1. The van der Waals surface area contributed by atoms with Crippen LogP contribution < -0.4 is 25.1 Å². The van der Waals surface area contributed by atoms with Crippen LogP contribution in [0.25, 0.3) is 0 Å². The van der Waals surface area contributed by atoms with Crippen molar-refractivity contribution in [2.45, 2.75) is 23.0 Å². The molecular weight excluding hydrogens is 544 g/mol. The number of nitrogens with zero attached hydrogens (tertiary/aromatic N) is 4. The van der Waals surface area contributed by atoms with Gasteiger partial charge in [-0.3, -0.25) is 20.0 Å². The number of sulfonamides is 2. The van der Waals surface area contributed by atoms with Gasteiger partial charge in [0.1, 0.15) is 11.9 Å². The van der Waals surface area contributed by atoms with Crippen LogP contribution in [0.2, 0.25) is 0 Å². The number of fused-ring (bicyclic) bond motifs is 1. The molecule has 2 aromatic heterocycles. The van der Waals surface area contributed by atoms with Crippen LogP contribution >= 0.6 is 0 Å². The van der Waals surface area contributed by atoms with Gasteiger partial charge >= 0.3 is 0 Å². The smallest absolute Gasteiger partial charge is 0.291 e. The second-order valence-electron chi connectivity index (χ2n) is 7.62. The predicted molar refractivity (Wildman–Crippen MR) is 128 cm³/mol. The van der Waals surface area contributed by atoms with Crippen LogP contribution in [0.5, 0.6) is 11.6 Å². The van der Waals surface area contributed by atoms with Gasteiger partial charge < -0.3 is 15.2 Å². The molecule has 1 aliphatic heterocycles.